The summed E-state index contributed by atoms with van der Waals surface area (Å²) in [4.78, 5) is 12.2. The minimum atomic E-state index is -0.575. The molecule has 112 valence electrons. The highest BCUT2D eigenvalue weighted by atomic mass is 16.5. The molecular formula is C15H15N5O2. The molecule has 0 unspecified atom stereocenters. The van der Waals surface area contributed by atoms with Crippen molar-refractivity contribution in [2.24, 2.45) is 5.10 Å². The number of hydrazone groups is 1. The molecule has 1 aromatic carbocycles. The average Bonchev–Trinajstić information content (AvgIpc) is 2.87. The summed E-state index contributed by atoms with van der Waals surface area (Å²) in [6.07, 6.45) is 0. The Balaban J connectivity index is 2.18. The van der Waals surface area contributed by atoms with Gasteiger partial charge in [-0.05, 0) is 44.2 Å². The number of benzene rings is 1. The SMILES string of the molecule is COc1ccc(N/N=C(\C#N)C(=O)n2nc(C)cc2C)cc1. The lowest BCUT2D eigenvalue weighted by atomic mass is 10.3. The fourth-order valence-corrected chi connectivity index (χ4v) is 1.84. The summed E-state index contributed by atoms with van der Waals surface area (Å²) in [6.45, 7) is 3.51. The minimum absolute atomic E-state index is 0.276. The molecule has 0 bridgehead atoms. The van der Waals surface area contributed by atoms with Crippen LogP contribution >= 0.6 is 0 Å². The molecule has 0 aliphatic carbocycles. The molecule has 2 rings (SSSR count). The number of aromatic nitrogens is 2. The first kappa shape index (κ1) is 15.3. The molecule has 0 saturated heterocycles. The average molecular weight is 297 g/mol. The first-order chi connectivity index (χ1) is 10.5. The molecule has 0 aliphatic rings. The zero-order valence-electron chi connectivity index (χ0n) is 12.5. The quantitative estimate of drug-likeness (QED) is 0.689. The Hall–Kier alpha value is -3.14. The van der Waals surface area contributed by atoms with Gasteiger partial charge in [0.15, 0.2) is 0 Å². The van der Waals surface area contributed by atoms with Gasteiger partial charge in [0.05, 0.1) is 18.5 Å². The Bertz CT molecular complexity index is 753. The van der Waals surface area contributed by atoms with Crippen LogP contribution in [0.15, 0.2) is 35.4 Å². The van der Waals surface area contributed by atoms with Crippen molar-refractivity contribution in [3.8, 4) is 11.8 Å². The lowest BCUT2D eigenvalue weighted by Gasteiger charge is -2.04. The van der Waals surface area contributed by atoms with Gasteiger partial charge in [0.2, 0.25) is 5.71 Å². The van der Waals surface area contributed by atoms with Crippen molar-refractivity contribution in [2.75, 3.05) is 12.5 Å². The second-order valence-electron chi connectivity index (χ2n) is 4.56. The topological polar surface area (TPSA) is 92.3 Å². The van der Waals surface area contributed by atoms with Crippen LogP contribution < -0.4 is 10.2 Å². The highest BCUT2D eigenvalue weighted by molar-refractivity contribution is 6.45. The van der Waals surface area contributed by atoms with Gasteiger partial charge >= 0.3 is 5.91 Å². The molecule has 0 saturated carbocycles. The highest BCUT2D eigenvalue weighted by Crippen LogP contribution is 2.14. The van der Waals surface area contributed by atoms with E-state index >= 15 is 0 Å². The summed E-state index contributed by atoms with van der Waals surface area (Å²) in [5, 5.41) is 17.0. The molecule has 0 atom stereocenters. The van der Waals surface area contributed by atoms with Crippen LogP contribution in [0.1, 0.15) is 16.2 Å². The Morgan fingerprint density at radius 3 is 2.55 bits per heavy atom. The Morgan fingerprint density at radius 1 is 1.36 bits per heavy atom. The van der Waals surface area contributed by atoms with Crippen molar-refractivity contribution in [3.05, 3.63) is 41.7 Å². The van der Waals surface area contributed by atoms with Crippen LogP contribution in [0, 0.1) is 25.2 Å². The van der Waals surface area contributed by atoms with E-state index in [0.717, 1.165) is 4.68 Å². The van der Waals surface area contributed by atoms with Crippen LogP contribution in [0.25, 0.3) is 0 Å². The molecule has 0 amide bonds. The van der Waals surface area contributed by atoms with Gasteiger partial charge in [-0.2, -0.15) is 20.1 Å². The zero-order valence-corrected chi connectivity index (χ0v) is 12.5. The van der Waals surface area contributed by atoms with Gasteiger partial charge in [-0.1, -0.05) is 0 Å². The predicted octanol–water partition coefficient (Wildman–Crippen LogP) is 2.14. The lowest BCUT2D eigenvalue weighted by molar-refractivity contribution is 0.0974. The van der Waals surface area contributed by atoms with Gasteiger partial charge < -0.3 is 4.74 Å². The molecule has 2 aromatic rings. The molecule has 7 nitrogen and oxygen atoms in total. The van der Waals surface area contributed by atoms with Crippen LogP contribution in [0.4, 0.5) is 5.69 Å². The van der Waals surface area contributed by atoms with E-state index in [9.17, 15) is 4.79 Å². The molecule has 1 aromatic heterocycles. The fourth-order valence-electron chi connectivity index (χ4n) is 1.84. The Morgan fingerprint density at radius 2 is 2.05 bits per heavy atom. The van der Waals surface area contributed by atoms with Gasteiger partial charge in [0.25, 0.3) is 0 Å². The third-order valence-electron chi connectivity index (χ3n) is 2.90. The van der Waals surface area contributed by atoms with Crippen molar-refractivity contribution in [1.29, 1.82) is 5.26 Å². The van der Waals surface area contributed by atoms with Crippen molar-refractivity contribution in [3.63, 3.8) is 0 Å². The number of aryl methyl sites for hydroxylation is 2. The van der Waals surface area contributed by atoms with Gasteiger partial charge in [-0.15, -0.1) is 0 Å². The number of anilines is 1. The standard InChI is InChI=1S/C15H15N5O2/c1-10-8-11(2)20(19-10)15(21)14(9-16)18-17-12-4-6-13(22-3)7-5-12/h4-8,17H,1-3H3/b18-14+. The molecule has 0 aliphatic heterocycles. The van der Waals surface area contributed by atoms with Gasteiger partial charge in [-0.25, -0.2) is 0 Å². The first-order valence-electron chi connectivity index (χ1n) is 6.51. The molecule has 7 heteroatoms. The first-order valence-corrected chi connectivity index (χ1v) is 6.51. The number of nitrogens with zero attached hydrogens (tertiary/aromatic N) is 4. The molecule has 22 heavy (non-hydrogen) atoms. The van der Waals surface area contributed by atoms with Crippen molar-refractivity contribution in [1.82, 2.24) is 9.78 Å². The number of rotatable bonds is 4. The molecule has 1 N–H and O–H groups in total. The van der Waals surface area contributed by atoms with E-state index in [4.69, 9.17) is 10.00 Å². The summed E-state index contributed by atoms with van der Waals surface area (Å²) in [6, 6.07) is 10.5. The smallest absolute Gasteiger partial charge is 0.309 e. The molecule has 1 heterocycles. The largest absolute Gasteiger partial charge is 0.497 e. The third kappa shape index (κ3) is 3.30. The fraction of sp³-hybridized carbons (Fsp3) is 0.200. The number of hydrogen-bond acceptors (Lipinski definition) is 6. The maximum Gasteiger partial charge on any atom is 0.309 e. The van der Waals surface area contributed by atoms with E-state index in [-0.39, 0.29) is 5.71 Å². The number of ether oxygens (including phenoxy) is 1. The molecule has 0 spiro atoms. The number of nitriles is 1. The van der Waals surface area contributed by atoms with Crippen molar-refractivity contribution >= 4 is 17.3 Å². The Kier molecular flexibility index (Phi) is 4.53. The summed E-state index contributed by atoms with van der Waals surface area (Å²) >= 11 is 0. The van der Waals surface area contributed by atoms with E-state index in [1.54, 1.807) is 57.4 Å². The summed E-state index contributed by atoms with van der Waals surface area (Å²) in [5.74, 6) is 0.128. The second-order valence-corrected chi connectivity index (χ2v) is 4.56. The van der Waals surface area contributed by atoms with Crippen LogP contribution in [-0.4, -0.2) is 28.5 Å². The Labute approximate surface area is 127 Å². The number of hydrogen-bond donors (Lipinski definition) is 1. The molecular weight excluding hydrogens is 282 g/mol. The van der Waals surface area contributed by atoms with Crippen LogP contribution in [0.5, 0.6) is 5.75 Å². The lowest BCUT2D eigenvalue weighted by Crippen LogP contribution is -2.23. The monoisotopic (exact) mass is 297 g/mol. The van der Waals surface area contributed by atoms with E-state index in [0.29, 0.717) is 22.8 Å². The van der Waals surface area contributed by atoms with Crippen LogP contribution in [0.3, 0.4) is 0 Å². The maximum atomic E-state index is 12.2. The summed E-state index contributed by atoms with van der Waals surface area (Å²) < 4.78 is 6.21. The van der Waals surface area contributed by atoms with E-state index in [1.165, 1.54) is 0 Å². The highest BCUT2D eigenvalue weighted by Gasteiger charge is 2.17. The van der Waals surface area contributed by atoms with Gasteiger partial charge in [0.1, 0.15) is 11.8 Å². The number of carbonyl (C=O) groups is 1. The maximum absolute atomic E-state index is 12.2. The number of carbonyl (C=O) groups excluding carboxylic acids is 1. The van der Waals surface area contributed by atoms with E-state index < -0.39 is 5.91 Å². The third-order valence-corrected chi connectivity index (χ3v) is 2.90. The normalized spacial score (nSPS) is 10.9. The van der Waals surface area contributed by atoms with Crippen molar-refractivity contribution in [2.45, 2.75) is 13.8 Å². The van der Waals surface area contributed by atoms with Gasteiger partial charge in [-0.3, -0.25) is 10.2 Å². The van der Waals surface area contributed by atoms with Crippen LogP contribution in [-0.2, 0) is 0 Å². The number of methoxy groups -OCH3 is 1. The second kappa shape index (κ2) is 6.54. The minimum Gasteiger partial charge on any atom is -0.497 e. The predicted molar refractivity (Wildman–Crippen MR) is 82.0 cm³/mol. The van der Waals surface area contributed by atoms with E-state index in [1.807, 2.05) is 0 Å². The number of nitrogens with one attached hydrogen (secondary N) is 1. The van der Waals surface area contributed by atoms with Crippen molar-refractivity contribution < 1.29 is 9.53 Å². The van der Waals surface area contributed by atoms with E-state index in [2.05, 4.69) is 15.6 Å². The zero-order chi connectivity index (χ0) is 16.1. The van der Waals surface area contributed by atoms with Gasteiger partial charge in [0, 0.05) is 5.69 Å². The summed E-state index contributed by atoms with van der Waals surface area (Å²) in [7, 11) is 1.57. The summed E-state index contributed by atoms with van der Waals surface area (Å²) in [5.41, 5.74) is 4.38. The molecule has 0 radical (unpaired) electrons. The van der Waals surface area contributed by atoms with Crippen LogP contribution in [0.2, 0.25) is 0 Å². The molecule has 0 fully saturated rings.